The Bertz CT molecular complexity index is 405. The van der Waals surface area contributed by atoms with Crippen LogP contribution in [0.2, 0.25) is 0 Å². The quantitative estimate of drug-likeness (QED) is 0.837. The molecule has 0 saturated heterocycles. The average molecular weight is 233 g/mol. The summed E-state index contributed by atoms with van der Waals surface area (Å²) >= 11 is 0. The van der Waals surface area contributed by atoms with Crippen molar-refractivity contribution < 1.29 is 4.79 Å². The van der Waals surface area contributed by atoms with Gasteiger partial charge in [0, 0.05) is 12.7 Å². The van der Waals surface area contributed by atoms with Gasteiger partial charge in [-0.25, -0.2) is 4.98 Å². The van der Waals surface area contributed by atoms with E-state index in [4.69, 9.17) is 5.73 Å². The lowest BCUT2D eigenvalue weighted by Crippen LogP contribution is -2.31. The molecule has 2 rings (SSSR count). The molecule has 17 heavy (non-hydrogen) atoms. The van der Waals surface area contributed by atoms with Crippen LogP contribution in [0.5, 0.6) is 0 Å². The monoisotopic (exact) mass is 233 g/mol. The van der Waals surface area contributed by atoms with Crippen LogP contribution in [0, 0.1) is 11.8 Å². The number of aromatic nitrogens is 1. The van der Waals surface area contributed by atoms with Gasteiger partial charge in [-0.3, -0.25) is 4.79 Å². The molecule has 4 heteroatoms. The Morgan fingerprint density at radius 3 is 3.06 bits per heavy atom. The number of rotatable bonds is 3. The molecule has 4 nitrogen and oxygen atoms in total. The number of nitrogens with one attached hydrogen (secondary N) is 1. The first-order valence-electron chi connectivity index (χ1n) is 6.17. The topological polar surface area (TPSA) is 68.0 Å². The number of nitrogens with two attached hydrogens (primary N) is 1. The first-order valence-corrected chi connectivity index (χ1v) is 6.17. The molecular formula is C13H19N3O. The standard InChI is InChI=1S/C13H19N3O/c1-9-4-2-5-10(9)8-16-13(17)12-11(14)6-3-7-15-12/h3,6-7,9-10H,2,4-5,8,14H2,1H3,(H,16,17). The Kier molecular flexibility index (Phi) is 3.61. The van der Waals surface area contributed by atoms with Crippen molar-refractivity contribution in [1.29, 1.82) is 0 Å². The maximum atomic E-state index is 11.9. The van der Waals surface area contributed by atoms with Crippen LogP contribution in [0.1, 0.15) is 36.7 Å². The van der Waals surface area contributed by atoms with E-state index in [-0.39, 0.29) is 5.91 Å². The lowest BCUT2D eigenvalue weighted by Gasteiger charge is -2.15. The number of hydrogen-bond donors (Lipinski definition) is 2. The summed E-state index contributed by atoms with van der Waals surface area (Å²) in [6.45, 7) is 2.98. The number of carbonyl (C=O) groups is 1. The number of anilines is 1. The predicted molar refractivity (Wildman–Crippen MR) is 67.5 cm³/mol. The molecule has 0 aliphatic heterocycles. The number of nitrogen functional groups attached to an aromatic ring is 1. The molecular weight excluding hydrogens is 214 g/mol. The molecule has 1 aromatic rings. The first kappa shape index (κ1) is 11.9. The van der Waals surface area contributed by atoms with Crippen LogP contribution < -0.4 is 11.1 Å². The lowest BCUT2D eigenvalue weighted by atomic mass is 9.98. The normalized spacial score (nSPS) is 23.6. The highest BCUT2D eigenvalue weighted by molar-refractivity contribution is 5.96. The minimum absolute atomic E-state index is 0.165. The fraction of sp³-hybridized carbons (Fsp3) is 0.538. The van der Waals surface area contributed by atoms with Crippen LogP contribution in [0.3, 0.4) is 0 Å². The van der Waals surface area contributed by atoms with Crippen LogP contribution in [0.15, 0.2) is 18.3 Å². The molecule has 2 unspecified atom stereocenters. The second kappa shape index (κ2) is 5.17. The van der Waals surface area contributed by atoms with E-state index in [0.29, 0.717) is 23.2 Å². The maximum Gasteiger partial charge on any atom is 0.272 e. The Balaban J connectivity index is 1.91. The summed E-state index contributed by atoms with van der Waals surface area (Å²) < 4.78 is 0. The minimum atomic E-state index is -0.165. The summed E-state index contributed by atoms with van der Waals surface area (Å²) in [5.74, 6) is 1.14. The van der Waals surface area contributed by atoms with Crippen molar-refractivity contribution in [2.45, 2.75) is 26.2 Å². The molecule has 0 spiro atoms. The smallest absolute Gasteiger partial charge is 0.272 e. The number of pyridine rings is 1. The molecule has 1 amide bonds. The van der Waals surface area contributed by atoms with Crippen molar-refractivity contribution in [2.75, 3.05) is 12.3 Å². The van der Waals surface area contributed by atoms with Gasteiger partial charge in [0.1, 0.15) is 0 Å². The molecule has 1 aliphatic rings. The number of amides is 1. The third-order valence-electron chi connectivity index (χ3n) is 3.62. The second-order valence-electron chi connectivity index (χ2n) is 4.82. The van der Waals surface area contributed by atoms with E-state index in [0.717, 1.165) is 6.54 Å². The third kappa shape index (κ3) is 2.75. The van der Waals surface area contributed by atoms with Gasteiger partial charge < -0.3 is 11.1 Å². The maximum absolute atomic E-state index is 11.9. The molecule has 0 radical (unpaired) electrons. The van der Waals surface area contributed by atoms with Crippen LogP contribution in [0.4, 0.5) is 5.69 Å². The highest BCUT2D eigenvalue weighted by Crippen LogP contribution is 2.30. The van der Waals surface area contributed by atoms with Gasteiger partial charge in [-0.1, -0.05) is 19.8 Å². The molecule has 0 aromatic carbocycles. The summed E-state index contributed by atoms with van der Waals surface area (Å²) in [5.41, 5.74) is 6.48. The van der Waals surface area contributed by atoms with Crippen molar-refractivity contribution in [2.24, 2.45) is 11.8 Å². The number of hydrogen-bond acceptors (Lipinski definition) is 3. The van der Waals surface area contributed by atoms with Crippen molar-refractivity contribution in [3.8, 4) is 0 Å². The van der Waals surface area contributed by atoms with Gasteiger partial charge in [0.25, 0.3) is 5.91 Å². The minimum Gasteiger partial charge on any atom is -0.397 e. The third-order valence-corrected chi connectivity index (χ3v) is 3.62. The van der Waals surface area contributed by atoms with Gasteiger partial charge in [-0.05, 0) is 30.4 Å². The van der Waals surface area contributed by atoms with Gasteiger partial charge in [0.15, 0.2) is 5.69 Å². The lowest BCUT2D eigenvalue weighted by molar-refractivity contribution is 0.0940. The number of carbonyl (C=O) groups excluding carboxylic acids is 1. The summed E-state index contributed by atoms with van der Waals surface area (Å²) in [6, 6.07) is 3.42. The zero-order valence-electron chi connectivity index (χ0n) is 10.1. The van der Waals surface area contributed by atoms with E-state index in [1.807, 2.05) is 0 Å². The Morgan fingerprint density at radius 2 is 2.41 bits per heavy atom. The highest BCUT2D eigenvalue weighted by Gasteiger charge is 2.24. The van der Waals surface area contributed by atoms with Gasteiger partial charge in [-0.15, -0.1) is 0 Å². The fourth-order valence-electron chi connectivity index (χ4n) is 2.44. The van der Waals surface area contributed by atoms with Gasteiger partial charge in [0.2, 0.25) is 0 Å². The Hall–Kier alpha value is -1.58. The van der Waals surface area contributed by atoms with Crippen molar-refractivity contribution in [3.63, 3.8) is 0 Å². The Labute approximate surface area is 102 Å². The zero-order chi connectivity index (χ0) is 12.3. The van der Waals surface area contributed by atoms with E-state index >= 15 is 0 Å². The van der Waals surface area contributed by atoms with E-state index < -0.39 is 0 Å². The molecule has 2 atom stereocenters. The zero-order valence-corrected chi connectivity index (χ0v) is 10.1. The van der Waals surface area contributed by atoms with E-state index in [2.05, 4.69) is 17.2 Å². The molecule has 1 aliphatic carbocycles. The summed E-state index contributed by atoms with van der Waals surface area (Å²) in [5, 5.41) is 2.93. The SMILES string of the molecule is CC1CCCC1CNC(=O)c1ncccc1N. The van der Waals surface area contributed by atoms with Crippen molar-refractivity contribution in [1.82, 2.24) is 10.3 Å². The Morgan fingerprint density at radius 1 is 1.59 bits per heavy atom. The molecule has 0 bridgehead atoms. The van der Waals surface area contributed by atoms with E-state index in [1.54, 1.807) is 18.3 Å². The first-order chi connectivity index (χ1) is 8.18. The molecule has 92 valence electrons. The molecule has 3 N–H and O–H groups in total. The van der Waals surface area contributed by atoms with Crippen molar-refractivity contribution in [3.05, 3.63) is 24.0 Å². The fourth-order valence-corrected chi connectivity index (χ4v) is 2.44. The van der Waals surface area contributed by atoms with Crippen LogP contribution in [-0.2, 0) is 0 Å². The van der Waals surface area contributed by atoms with Crippen LogP contribution in [0.25, 0.3) is 0 Å². The molecule has 1 saturated carbocycles. The van der Waals surface area contributed by atoms with E-state index in [1.165, 1.54) is 19.3 Å². The summed E-state index contributed by atoms with van der Waals surface area (Å²) in [7, 11) is 0. The van der Waals surface area contributed by atoms with Crippen LogP contribution in [-0.4, -0.2) is 17.4 Å². The second-order valence-corrected chi connectivity index (χ2v) is 4.82. The largest absolute Gasteiger partial charge is 0.397 e. The van der Waals surface area contributed by atoms with Gasteiger partial charge in [-0.2, -0.15) is 0 Å². The highest BCUT2D eigenvalue weighted by atomic mass is 16.1. The molecule has 1 heterocycles. The van der Waals surface area contributed by atoms with E-state index in [9.17, 15) is 4.79 Å². The van der Waals surface area contributed by atoms with Crippen LogP contribution >= 0.6 is 0 Å². The summed E-state index contributed by atoms with van der Waals surface area (Å²) in [4.78, 5) is 15.9. The van der Waals surface area contributed by atoms with Gasteiger partial charge >= 0.3 is 0 Å². The number of nitrogens with zero attached hydrogens (tertiary/aromatic N) is 1. The molecule has 1 fully saturated rings. The van der Waals surface area contributed by atoms with Gasteiger partial charge in [0.05, 0.1) is 5.69 Å². The average Bonchev–Trinajstić information content (AvgIpc) is 2.72. The predicted octanol–water partition coefficient (Wildman–Crippen LogP) is 1.83. The summed E-state index contributed by atoms with van der Waals surface area (Å²) in [6.07, 6.45) is 5.34. The molecule has 1 aromatic heterocycles. The van der Waals surface area contributed by atoms with Crippen molar-refractivity contribution >= 4 is 11.6 Å².